The Morgan fingerprint density at radius 2 is 2.05 bits per heavy atom. The van der Waals surface area contributed by atoms with Crippen LogP contribution in [0.4, 0.5) is 5.82 Å². The molecule has 2 aromatic rings. The minimum Gasteiger partial charge on any atom is -0.496 e. The zero-order valence-electron chi connectivity index (χ0n) is 12.1. The lowest BCUT2D eigenvalue weighted by molar-refractivity contribution is 0.405. The van der Waals surface area contributed by atoms with Crippen molar-refractivity contribution in [2.24, 2.45) is 5.84 Å². The van der Waals surface area contributed by atoms with Gasteiger partial charge in [-0.15, -0.1) is 0 Å². The Kier molecular flexibility index (Phi) is 3.98. The summed E-state index contributed by atoms with van der Waals surface area (Å²) in [5, 5.41) is 0.921. The van der Waals surface area contributed by atoms with Crippen molar-refractivity contribution < 1.29 is 4.74 Å². The van der Waals surface area contributed by atoms with Gasteiger partial charge in [0, 0.05) is 11.5 Å². The van der Waals surface area contributed by atoms with Crippen LogP contribution in [0, 0.1) is 6.92 Å². The fraction of sp³-hybridized carbons (Fsp3) is 0.333. The molecule has 1 aromatic heterocycles. The lowest BCUT2D eigenvalue weighted by atomic mass is 10.3. The van der Waals surface area contributed by atoms with Crippen LogP contribution < -0.4 is 16.0 Å². The molecular weight excluding hydrogens is 284 g/mol. The molecule has 1 saturated carbocycles. The molecule has 0 saturated heterocycles. The van der Waals surface area contributed by atoms with Gasteiger partial charge in [-0.2, -0.15) is 0 Å². The van der Waals surface area contributed by atoms with Crippen molar-refractivity contribution in [2.45, 2.75) is 35.6 Å². The Balaban J connectivity index is 1.99. The first-order valence-corrected chi connectivity index (χ1v) is 7.70. The average molecular weight is 302 g/mol. The highest BCUT2D eigenvalue weighted by atomic mass is 32.2. The second-order valence-corrected chi connectivity index (χ2v) is 6.06. The minimum atomic E-state index is 0.481. The molecule has 1 aromatic carbocycles. The molecule has 0 atom stereocenters. The van der Waals surface area contributed by atoms with Gasteiger partial charge in [0.1, 0.15) is 22.4 Å². The van der Waals surface area contributed by atoms with Crippen LogP contribution in [-0.2, 0) is 0 Å². The Hall–Kier alpha value is -1.79. The van der Waals surface area contributed by atoms with E-state index < -0.39 is 0 Å². The predicted octanol–water partition coefficient (Wildman–Crippen LogP) is 3.11. The van der Waals surface area contributed by atoms with E-state index in [1.807, 2.05) is 31.2 Å². The van der Waals surface area contributed by atoms with Gasteiger partial charge >= 0.3 is 0 Å². The first kappa shape index (κ1) is 14.2. The maximum Gasteiger partial charge on any atom is 0.147 e. The molecule has 1 aliphatic carbocycles. The number of nitrogens with zero attached hydrogens (tertiary/aromatic N) is 2. The van der Waals surface area contributed by atoms with Gasteiger partial charge in [-0.05, 0) is 31.9 Å². The van der Waals surface area contributed by atoms with Crippen molar-refractivity contribution in [1.82, 2.24) is 9.97 Å². The molecule has 1 fully saturated rings. The summed E-state index contributed by atoms with van der Waals surface area (Å²) >= 11 is 1.58. The normalized spacial score (nSPS) is 14.0. The van der Waals surface area contributed by atoms with Crippen molar-refractivity contribution >= 4 is 17.6 Å². The SMILES string of the molecule is COc1ccccc1Sc1nc(C2CC2)nc(NN)c1C. The number of para-hydroxylation sites is 1. The molecule has 1 heterocycles. The number of ether oxygens (including phenoxy) is 1. The molecule has 0 radical (unpaired) electrons. The molecule has 3 rings (SSSR count). The topological polar surface area (TPSA) is 73.1 Å². The van der Waals surface area contributed by atoms with E-state index in [-0.39, 0.29) is 0 Å². The quantitative estimate of drug-likeness (QED) is 0.502. The van der Waals surface area contributed by atoms with Crippen LogP contribution in [0.15, 0.2) is 34.2 Å². The van der Waals surface area contributed by atoms with Gasteiger partial charge in [-0.1, -0.05) is 23.9 Å². The monoisotopic (exact) mass is 302 g/mol. The summed E-state index contributed by atoms with van der Waals surface area (Å²) in [5.41, 5.74) is 3.63. The second-order valence-electron chi connectivity index (χ2n) is 5.03. The fourth-order valence-electron chi connectivity index (χ4n) is 2.08. The zero-order valence-corrected chi connectivity index (χ0v) is 12.9. The molecule has 3 N–H and O–H groups in total. The first-order chi connectivity index (χ1) is 10.2. The van der Waals surface area contributed by atoms with E-state index in [0.29, 0.717) is 11.7 Å². The van der Waals surface area contributed by atoms with Gasteiger partial charge in [0.15, 0.2) is 0 Å². The van der Waals surface area contributed by atoms with E-state index in [9.17, 15) is 0 Å². The van der Waals surface area contributed by atoms with Gasteiger partial charge in [-0.25, -0.2) is 15.8 Å². The van der Waals surface area contributed by atoms with Crippen molar-refractivity contribution in [3.8, 4) is 5.75 Å². The summed E-state index contributed by atoms with van der Waals surface area (Å²) in [4.78, 5) is 10.3. The number of nitrogen functional groups attached to an aromatic ring is 1. The zero-order chi connectivity index (χ0) is 14.8. The fourth-order valence-corrected chi connectivity index (χ4v) is 3.08. The van der Waals surface area contributed by atoms with Gasteiger partial charge in [0.2, 0.25) is 0 Å². The number of hydrogen-bond donors (Lipinski definition) is 2. The molecule has 0 spiro atoms. The van der Waals surface area contributed by atoms with Crippen LogP contribution in [-0.4, -0.2) is 17.1 Å². The van der Waals surface area contributed by atoms with Gasteiger partial charge in [0.05, 0.1) is 12.0 Å². The summed E-state index contributed by atoms with van der Waals surface area (Å²) in [5.74, 6) is 8.49. The molecule has 5 nitrogen and oxygen atoms in total. The lowest BCUT2D eigenvalue weighted by Crippen LogP contribution is -2.13. The summed E-state index contributed by atoms with van der Waals surface area (Å²) in [6.07, 6.45) is 2.32. The van der Waals surface area contributed by atoms with Crippen molar-refractivity contribution in [3.05, 3.63) is 35.7 Å². The Morgan fingerprint density at radius 3 is 2.71 bits per heavy atom. The second kappa shape index (κ2) is 5.91. The van der Waals surface area contributed by atoms with Gasteiger partial charge in [-0.3, -0.25) is 0 Å². The molecule has 6 heteroatoms. The number of anilines is 1. The minimum absolute atomic E-state index is 0.481. The Morgan fingerprint density at radius 1 is 1.29 bits per heavy atom. The standard InChI is InChI=1S/C15H18N4OS/c1-9-13(19-16)17-14(10-7-8-10)18-15(9)21-12-6-4-3-5-11(12)20-2/h3-6,10H,7-8,16H2,1-2H3,(H,17,18,19). The maximum absolute atomic E-state index is 5.58. The lowest BCUT2D eigenvalue weighted by Gasteiger charge is -2.13. The number of hydrogen-bond acceptors (Lipinski definition) is 6. The van der Waals surface area contributed by atoms with E-state index in [0.717, 1.165) is 39.9 Å². The third kappa shape index (κ3) is 2.96. The Labute approximate surface area is 128 Å². The molecular formula is C15H18N4OS. The number of rotatable bonds is 5. The average Bonchev–Trinajstić information content (AvgIpc) is 3.34. The third-order valence-electron chi connectivity index (χ3n) is 3.47. The van der Waals surface area contributed by atoms with Gasteiger partial charge < -0.3 is 10.2 Å². The number of nitrogens with two attached hydrogens (primary N) is 1. The van der Waals surface area contributed by atoms with E-state index in [1.54, 1.807) is 18.9 Å². The molecule has 0 amide bonds. The highest BCUT2D eigenvalue weighted by molar-refractivity contribution is 7.99. The largest absolute Gasteiger partial charge is 0.496 e. The molecule has 0 unspecified atom stereocenters. The van der Waals surface area contributed by atoms with Crippen LogP contribution in [0.2, 0.25) is 0 Å². The first-order valence-electron chi connectivity index (χ1n) is 6.89. The van der Waals surface area contributed by atoms with Crippen molar-refractivity contribution in [3.63, 3.8) is 0 Å². The number of benzene rings is 1. The smallest absolute Gasteiger partial charge is 0.147 e. The highest BCUT2D eigenvalue weighted by Gasteiger charge is 2.28. The van der Waals surface area contributed by atoms with E-state index in [2.05, 4.69) is 10.4 Å². The Bertz CT molecular complexity index is 658. The van der Waals surface area contributed by atoms with Crippen LogP contribution >= 0.6 is 11.8 Å². The van der Waals surface area contributed by atoms with Crippen molar-refractivity contribution in [1.29, 1.82) is 0 Å². The summed E-state index contributed by atoms with van der Waals surface area (Å²) < 4.78 is 5.40. The van der Waals surface area contributed by atoms with Crippen LogP contribution in [0.5, 0.6) is 5.75 Å². The molecule has 21 heavy (non-hydrogen) atoms. The van der Waals surface area contributed by atoms with Crippen LogP contribution in [0.25, 0.3) is 0 Å². The summed E-state index contributed by atoms with van der Waals surface area (Å²) in [6, 6.07) is 7.92. The summed E-state index contributed by atoms with van der Waals surface area (Å²) in [7, 11) is 1.68. The van der Waals surface area contributed by atoms with E-state index in [4.69, 9.17) is 15.6 Å². The number of nitrogens with one attached hydrogen (secondary N) is 1. The van der Waals surface area contributed by atoms with Crippen LogP contribution in [0.1, 0.15) is 30.1 Å². The number of hydrazine groups is 1. The third-order valence-corrected chi connectivity index (χ3v) is 4.62. The van der Waals surface area contributed by atoms with E-state index in [1.165, 1.54) is 0 Å². The van der Waals surface area contributed by atoms with E-state index >= 15 is 0 Å². The molecule has 110 valence electrons. The summed E-state index contributed by atoms with van der Waals surface area (Å²) in [6.45, 7) is 1.98. The number of methoxy groups -OCH3 is 1. The molecule has 0 aliphatic heterocycles. The van der Waals surface area contributed by atoms with Gasteiger partial charge in [0.25, 0.3) is 0 Å². The molecule has 1 aliphatic rings. The predicted molar refractivity (Wildman–Crippen MR) is 83.7 cm³/mol. The number of aromatic nitrogens is 2. The van der Waals surface area contributed by atoms with Crippen molar-refractivity contribution in [2.75, 3.05) is 12.5 Å². The highest BCUT2D eigenvalue weighted by Crippen LogP contribution is 2.42. The van der Waals surface area contributed by atoms with Crippen LogP contribution in [0.3, 0.4) is 0 Å². The maximum atomic E-state index is 5.58. The molecule has 0 bridgehead atoms.